The van der Waals surface area contributed by atoms with Gasteiger partial charge >= 0.3 is 0 Å². The number of carbonyl (C=O) groups excluding carboxylic acids is 3. The molecule has 4 heteroatoms. The zero-order valence-electron chi connectivity index (χ0n) is 18.3. The van der Waals surface area contributed by atoms with Crippen molar-refractivity contribution in [3.8, 4) is 0 Å². The van der Waals surface area contributed by atoms with E-state index in [2.05, 4.69) is 32.2 Å². The first-order chi connectivity index (χ1) is 13.8. The van der Waals surface area contributed by atoms with Gasteiger partial charge in [-0.15, -0.1) is 0 Å². The summed E-state index contributed by atoms with van der Waals surface area (Å²) in [6.45, 7) is 8.34. The van der Waals surface area contributed by atoms with Crippen molar-refractivity contribution in [2.45, 2.75) is 79.1 Å². The molecule has 0 radical (unpaired) electrons. The Morgan fingerprint density at radius 1 is 0.966 bits per heavy atom. The van der Waals surface area contributed by atoms with Crippen LogP contribution in [0.5, 0.6) is 0 Å². The van der Waals surface area contributed by atoms with Crippen LogP contribution in [0.4, 0.5) is 0 Å². The third-order valence-corrected chi connectivity index (χ3v) is 5.72. The van der Waals surface area contributed by atoms with E-state index in [-0.39, 0.29) is 23.2 Å². The molecule has 0 fully saturated rings. The molecule has 0 aromatic carbocycles. The Kier molecular flexibility index (Phi) is 8.81. The number of carbonyl (C=O) groups is 3. The van der Waals surface area contributed by atoms with Crippen molar-refractivity contribution in [3.63, 3.8) is 0 Å². The Bertz CT molecular complexity index is 767. The van der Waals surface area contributed by atoms with Gasteiger partial charge in [-0.2, -0.15) is 0 Å². The number of Topliss-reactive ketones (excluding diaryl/α,β-unsaturated/α-hetero) is 1. The molecule has 2 unspecified atom stereocenters. The second-order valence-electron chi connectivity index (χ2n) is 8.78. The average molecular weight is 398 g/mol. The molecule has 1 N–H and O–H groups in total. The van der Waals surface area contributed by atoms with Crippen LogP contribution in [0, 0.1) is 11.8 Å². The van der Waals surface area contributed by atoms with Gasteiger partial charge in [0.25, 0.3) is 5.91 Å². The molecule has 0 spiro atoms. The normalized spacial score (nSPS) is 29.7. The van der Waals surface area contributed by atoms with Crippen molar-refractivity contribution >= 4 is 17.5 Å². The Labute approximate surface area is 175 Å². The van der Waals surface area contributed by atoms with E-state index < -0.39 is 0 Å². The van der Waals surface area contributed by atoms with Crippen LogP contribution in [0.15, 0.2) is 46.7 Å². The van der Waals surface area contributed by atoms with Gasteiger partial charge in [-0.25, -0.2) is 0 Å². The molecule has 29 heavy (non-hydrogen) atoms. The highest BCUT2D eigenvalue weighted by Gasteiger charge is 2.24. The lowest BCUT2D eigenvalue weighted by molar-refractivity contribution is -0.120. The van der Waals surface area contributed by atoms with Crippen molar-refractivity contribution in [3.05, 3.63) is 46.7 Å². The van der Waals surface area contributed by atoms with Crippen LogP contribution in [0.25, 0.3) is 0 Å². The zero-order valence-corrected chi connectivity index (χ0v) is 18.3. The summed E-state index contributed by atoms with van der Waals surface area (Å²) in [6, 6.07) is 0. The molecular formula is C25H35NO3. The summed E-state index contributed by atoms with van der Waals surface area (Å²) in [7, 11) is 0. The standard InChI is InChI=1S/C25H35NO3/c1-17-9-6-5-7-12-20(4)25(29)26-23-16-22(27)15-21(24(23)28)14-19(3)11-8-10-18(2)13-17/h12-13,15-16,18-19H,5-11,14H2,1-4H3,(H,26,29)/b17-13-,20-12+. The number of ketones is 2. The SMILES string of the molecule is C/C1=C/C(C)CCCC(C)CC2=CC(=O)C=C(NC(=O)/C(C)=C/CCCC1)C2=O. The lowest BCUT2D eigenvalue weighted by Crippen LogP contribution is -2.31. The van der Waals surface area contributed by atoms with E-state index in [9.17, 15) is 14.4 Å². The smallest absolute Gasteiger partial charge is 0.251 e. The molecule has 1 aliphatic heterocycles. The minimum Gasteiger partial charge on any atom is -0.319 e. The molecule has 0 aromatic heterocycles. The van der Waals surface area contributed by atoms with Crippen LogP contribution in [0.2, 0.25) is 0 Å². The number of amides is 1. The minimum absolute atomic E-state index is 0.101. The third-order valence-electron chi connectivity index (χ3n) is 5.72. The van der Waals surface area contributed by atoms with E-state index in [0.717, 1.165) is 44.9 Å². The first-order valence-corrected chi connectivity index (χ1v) is 10.9. The van der Waals surface area contributed by atoms with Gasteiger partial charge in [-0.05, 0) is 70.3 Å². The molecule has 2 aliphatic rings. The maximum Gasteiger partial charge on any atom is 0.251 e. The molecule has 2 rings (SSSR count). The Hall–Kier alpha value is -2.23. The van der Waals surface area contributed by atoms with Crippen molar-refractivity contribution in [2.24, 2.45) is 11.8 Å². The van der Waals surface area contributed by atoms with Crippen LogP contribution in [-0.2, 0) is 14.4 Å². The van der Waals surface area contributed by atoms with E-state index in [0.29, 0.717) is 29.4 Å². The number of hydrogen-bond acceptors (Lipinski definition) is 3. The number of rotatable bonds is 0. The first-order valence-electron chi connectivity index (χ1n) is 10.9. The van der Waals surface area contributed by atoms with Gasteiger partial charge < -0.3 is 5.32 Å². The number of hydrogen-bond donors (Lipinski definition) is 1. The van der Waals surface area contributed by atoms with Crippen molar-refractivity contribution < 1.29 is 14.4 Å². The van der Waals surface area contributed by atoms with Crippen molar-refractivity contribution in [1.82, 2.24) is 5.32 Å². The monoisotopic (exact) mass is 397 g/mol. The molecule has 0 aromatic rings. The van der Waals surface area contributed by atoms with E-state index >= 15 is 0 Å². The highest BCUT2D eigenvalue weighted by atomic mass is 16.2. The van der Waals surface area contributed by atoms with Gasteiger partial charge in [-0.3, -0.25) is 14.4 Å². The molecule has 158 valence electrons. The maximum absolute atomic E-state index is 12.8. The highest BCUT2D eigenvalue weighted by Crippen LogP contribution is 2.24. The average Bonchev–Trinajstić information content (AvgIpc) is 2.64. The summed E-state index contributed by atoms with van der Waals surface area (Å²) in [5.41, 5.74) is 2.62. The van der Waals surface area contributed by atoms with Gasteiger partial charge in [0, 0.05) is 17.2 Å². The van der Waals surface area contributed by atoms with Crippen molar-refractivity contribution in [1.29, 1.82) is 0 Å². The van der Waals surface area contributed by atoms with E-state index in [4.69, 9.17) is 0 Å². The molecule has 1 heterocycles. The van der Waals surface area contributed by atoms with Crippen LogP contribution in [0.3, 0.4) is 0 Å². The largest absolute Gasteiger partial charge is 0.319 e. The summed E-state index contributed by atoms with van der Waals surface area (Å²) >= 11 is 0. The molecule has 1 aliphatic carbocycles. The fraction of sp³-hybridized carbons (Fsp3) is 0.560. The summed E-state index contributed by atoms with van der Waals surface area (Å²) in [4.78, 5) is 37.3. The van der Waals surface area contributed by atoms with E-state index in [1.54, 1.807) is 6.92 Å². The van der Waals surface area contributed by atoms with Crippen LogP contribution >= 0.6 is 0 Å². The van der Waals surface area contributed by atoms with Gasteiger partial charge in [0.05, 0.1) is 5.70 Å². The van der Waals surface area contributed by atoms with E-state index in [1.165, 1.54) is 17.7 Å². The summed E-state index contributed by atoms with van der Waals surface area (Å²) in [5, 5.41) is 2.65. The summed E-state index contributed by atoms with van der Waals surface area (Å²) < 4.78 is 0. The van der Waals surface area contributed by atoms with Gasteiger partial charge in [0.2, 0.25) is 5.78 Å². The molecular weight excluding hydrogens is 362 g/mol. The molecule has 4 nitrogen and oxygen atoms in total. The Balaban J connectivity index is 2.16. The second-order valence-corrected chi connectivity index (χ2v) is 8.78. The topological polar surface area (TPSA) is 63.2 Å². The quantitative estimate of drug-likeness (QED) is 0.442. The predicted molar refractivity (Wildman–Crippen MR) is 117 cm³/mol. The predicted octanol–water partition coefficient (Wildman–Crippen LogP) is 5.36. The first kappa shape index (κ1) is 23.1. The zero-order chi connectivity index (χ0) is 21.4. The lowest BCUT2D eigenvalue weighted by atomic mass is 9.88. The summed E-state index contributed by atoms with van der Waals surface area (Å²) in [5.74, 6) is 0.0924. The fourth-order valence-corrected chi connectivity index (χ4v) is 4.00. The Morgan fingerprint density at radius 3 is 2.48 bits per heavy atom. The fourth-order valence-electron chi connectivity index (χ4n) is 4.00. The second kappa shape index (κ2) is 11.1. The van der Waals surface area contributed by atoms with Crippen LogP contribution < -0.4 is 5.32 Å². The molecule has 0 saturated carbocycles. The van der Waals surface area contributed by atoms with E-state index in [1.807, 2.05) is 6.08 Å². The molecule has 2 atom stereocenters. The van der Waals surface area contributed by atoms with Gasteiger partial charge in [0.1, 0.15) is 0 Å². The lowest BCUT2D eigenvalue weighted by Gasteiger charge is -2.18. The van der Waals surface area contributed by atoms with Gasteiger partial charge in [-0.1, -0.05) is 44.4 Å². The Morgan fingerprint density at radius 2 is 1.72 bits per heavy atom. The number of nitrogens with one attached hydrogen (secondary N) is 1. The molecule has 1 amide bonds. The molecule has 0 saturated heterocycles. The van der Waals surface area contributed by atoms with Crippen LogP contribution in [0.1, 0.15) is 79.1 Å². The number of allylic oxidation sites excluding steroid dienone is 6. The summed E-state index contributed by atoms with van der Waals surface area (Å²) in [6.07, 6.45) is 14.8. The van der Waals surface area contributed by atoms with Gasteiger partial charge in [0.15, 0.2) is 5.78 Å². The minimum atomic E-state index is -0.311. The maximum atomic E-state index is 12.8. The highest BCUT2D eigenvalue weighted by molar-refractivity contribution is 6.21. The molecule has 2 bridgehead atoms. The number of fused-ring (bicyclic) bond motifs is 2. The van der Waals surface area contributed by atoms with Crippen LogP contribution in [-0.4, -0.2) is 17.5 Å². The van der Waals surface area contributed by atoms with Crippen molar-refractivity contribution in [2.75, 3.05) is 0 Å². The third kappa shape index (κ3) is 7.60.